The van der Waals surface area contributed by atoms with Crippen molar-refractivity contribution in [3.05, 3.63) is 105 Å². The summed E-state index contributed by atoms with van der Waals surface area (Å²) in [6.45, 7) is 1.99. The average Bonchev–Trinajstić information content (AvgIpc) is 3.57. The van der Waals surface area contributed by atoms with E-state index in [-0.39, 0.29) is 24.8 Å². The van der Waals surface area contributed by atoms with Crippen LogP contribution in [0.25, 0.3) is 11.6 Å². The Hall–Kier alpha value is -3.90. The zero-order valence-electron chi connectivity index (χ0n) is 25.5. The van der Waals surface area contributed by atoms with Crippen LogP contribution < -0.4 is 4.90 Å². The van der Waals surface area contributed by atoms with Gasteiger partial charge >= 0.3 is 12.4 Å². The van der Waals surface area contributed by atoms with E-state index in [0.29, 0.717) is 41.9 Å². The van der Waals surface area contributed by atoms with Gasteiger partial charge in [0, 0.05) is 16.0 Å². The number of phenols is 1. The van der Waals surface area contributed by atoms with Crippen molar-refractivity contribution in [2.24, 2.45) is 17.8 Å². The molecule has 5 nitrogen and oxygen atoms in total. The molecule has 0 aromatic heterocycles. The summed E-state index contributed by atoms with van der Waals surface area (Å²) in [6, 6.07) is 15.6. The third kappa shape index (κ3) is 6.44. The van der Waals surface area contributed by atoms with Gasteiger partial charge in [0.25, 0.3) is 0 Å². The zero-order chi connectivity index (χ0) is 34.5. The number of imide groups is 1. The van der Waals surface area contributed by atoms with E-state index in [4.69, 9.17) is 4.74 Å². The molecule has 1 aliphatic carbocycles. The number of alkyl halides is 6. The van der Waals surface area contributed by atoms with Crippen LogP contribution >= 0.6 is 15.9 Å². The van der Waals surface area contributed by atoms with Gasteiger partial charge in [-0.1, -0.05) is 58.8 Å². The van der Waals surface area contributed by atoms with Gasteiger partial charge in [0.2, 0.25) is 11.8 Å². The first kappa shape index (κ1) is 34.0. The fourth-order valence-electron chi connectivity index (χ4n) is 7.20. The second kappa shape index (κ2) is 12.9. The summed E-state index contributed by atoms with van der Waals surface area (Å²) in [6.07, 6.45) is -7.08. The van der Waals surface area contributed by atoms with Gasteiger partial charge in [-0.05, 0) is 84.9 Å². The summed E-state index contributed by atoms with van der Waals surface area (Å²) < 4.78 is 88.8. The maximum Gasteiger partial charge on any atom is 0.416 e. The van der Waals surface area contributed by atoms with Gasteiger partial charge in [-0.3, -0.25) is 9.59 Å². The maximum absolute atomic E-state index is 13.9. The number of hydrogen-bond donors (Lipinski definition) is 1. The summed E-state index contributed by atoms with van der Waals surface area (Å²) in [5, 5.41) is 10.5. The number of carbonyl (C=O) groups is 2. The summed E-state index contributed by atoms with van der Waals surface area (Å²) in [5.74, 6) is -3.97. The van der Waals surface area contributed by atoms with Crippen LogP contribution in [0, 0.1) is 17.8 Å². The van der Waals surface area contributed by atoms with Gasteiger partial charge in [0.15, 0.2) is 0 Å². The number of aromatic hydroxyl groups is 1. The van der Waals surface area contributed by atoms with E-state index in [2.05, 4.69) is 15.9 Å². The van der Waals surface area contributed by atoms with Crippen LogP contribution in [-0.4, -0.2) is 29.6 Å². The molecule has 3 aromatic rings. The van der Waals surface area contributed by atoms with E-state index in [9.17, 15) is 41.0 Å². The van der Waals surface area contributed by atoms with E-state index in [1.54, 1.807) is 18.2 Å². The minimum Gasteiger partial charge on any atom is -0.507 e. The zero-order valence-corrected chi connectivity index (χ0v) is 27.1. The summed E-state index contributed by atoms with van der Waals surface area (Å²) in [4.78, 5) is 28.0. The molecule has 0 bridgehead atoms. The van der Waals surface area contributed by atoms with Gasteiger partial charge in [-0.2, -0.15) is 26.3 Å². The molecule has 252 valence electrons. The second-order valence-corrected chi connectivity index (χ2v) is 13.1. The van der Waals surface area contributed by atoms with Crippen LogP contribution in [-0.2, 0) is 26.7 Å². The molecule has 0 unspecified atom stereocenters. The Balaban J connectivity index is 1.30. The fraction of sp³-hybridized carbons (Fsp3) is 0.333. The minimum absolute atomic E-state index is 0.0258. The van der Waals surface area contributed by atoms with Crippen molar-refractivity contribution in [3.8, 4) is 5.75 Å². The predicted molar refractivity (Wildman–Crippen MR) is 170 cm³/mol. The number of anilines is 1. The summed E-state index contributed by atoms with van der Waals surface area (Å²) >= 11 is 3.44. The topological polar surface area (TPSA) is 66.8 Å². The van der Waals surface area contributed by atoms with Crippen molar-refractivity contribution in [3.63, 3.8) is 0 Å². The van der Waals surface area contributed by atoms with Crippen LogP contribution in [0.3, 0.4) is 0 Å². The van der Waals surface area contributed by atoms with Crippen LogP contribution in [0.2, 0.25) is 0 Å². The molecule has 3 aliphatic rings. The van der Waals surface area contributed by atoms with Gasteiger partial charge in [0.05, 0.1) is 41.4 Å². The highest BCUT2D eigenvalue weighted by Gasteiger charge is 2.57. The smallest absolute Gasteiger partial charge is 0.416 e. The lowest BCUT2D eigenvalue weighted by atomic mass is 9.69. The number of amides is 2. The number of halogens is 7. The van der Waals surface area contributed by atoms with E-state index in [1.807, 2.05) is 43.3 Å². The molecule has 2 fully saturated rings. The lowest BCUT2D eigenvalue weighted by molar-refractivity contribution is -0.143. The fourth-order valence-corrected chi connectivity index (χ4v) is 7.58. The Morgan fingerprint density at radius 1 is 0.938 bits per heavy atom. The number of rotatable bonds is 7. The van der Waals surface area contributed by atoms with Crippen molar-refractivity contribution >= 4 is 45.1 Å². The van der Waals surface area contributed by atoms with Crippen LogP contribution in [0.4, 0.5) is 32.0 Å². The number of hydrogen-bond acceptors (Lipinski definition) is 4. The van der Waals surface area contributed by atoms with Crippen LogP contribution in [0.5, 0.6) is 5.75 Å². The molecule has 4 atom stereocenters. The molecule has 1 N–H and O–H groups in total. The Morgan fingerprint density at radius 2 is 1.60 bits per heavy atom. The molecule has 2 saturated heterocycles. The second-order valence-electron chi connectivity index (χ2n) is 12.2. The van der Waals surface area contributed by atoms with Gasteiger partial charge < -0.3 is 9.84 Å². The first-order valence-electron chi connectivity index (χ1n) is 15.4. The lowest BCUT2D eigenvalue weighted by Gasteiger charge is -2.31. The lowest BCUT2D eigenvalue weighted by Crippen LogP contribution is -2.34. The highest BCUT2D eigenvalue weighted by atomic mass is 79.9. The van der Waals surface area contributed by atoms with Crippen molar-refractivity contribution in [2.75, 3.05) is 11.5 Å². The molecule has 3 aromatic carbocycles. The molecular formula is C36H30BrF6NO4. The molecule has 0 spiro atoms. The average molecular weight is 735 g/mol. The van der Waals surface area contributed by atoms with E-state index in [1.165, 1.54) is 0 Å². The normalized spacial score (nSPS) is 23.2. The molecule has 0 radical (unpaired) electrons. The molecule has 2 heterocycles. The van der Waals surface area contributed by atoms with Gasteiger partial charge in [0.1, 0.15) is 5.75 Å². The van der Waals surface area contributed by atoms with Gasteiger partial charge in [-0.25, -0.2) is 4.90 Å². The Bertz CT molecular complexity index is 1780. The third-order valence-corrected chi connectivity index (χ3v) is 9.90. The minimum atomic E-state index is -5.13. The predicted octanol–water partition coefficient (Wildman–Crippen LogP) is 9.44. The van der Waals surface area contributed by atoms with E-state index in [0.717, 1.165) is 26.8 Å². The number of carbonyl (C=O) groups excluding carboxylic acids is 2. The standard InChI is InChI=1S/C36H30BrF6NO4/c1-2-19-14-27-32(34(47)44(33(27)46)26-16-23(35(38,39)40)15-24(17-26)36(41,42)43)28-18-48-30(31(19)28)11-8-21(20-6-4-3-5-7-20)12-22-13-25(37)9-10-29(22)45/h3-7,9-10,12-13,15-17,27-28,30,32,45H,2,8,11,14,18H2,1H3/b21-12-/t27-,28+,30-,32-/m1/s1. The quantitative estimate of drug-likeness (QED) is 0.114. The highest BCUT2D eigenvalue weighted by Crippen LogP contribution is 2.52. The molecule has 12 heteroatoms. The maximum atomic E-state index is 13.9. The third-order valence-electron chi connectivity index (χ3n) is 9.41. The Labute approximate surface area is 281 Å². The van der Waals surface area contributed by atoms with E-state index >= 15 is 0 Å². The molecule has 48 heavy (non-hydrogen) atoms. The molecule has 2 aliphatic heterocycles. The van der Waals surface area contributed by atoms with Crippen LogP contribution in [0.1, 0.15) is 54.9 Å². The number of benzene rings is 3. The number of phenolic OH excluding ortho intramolecular Hbond substituents is 1. The van der Waals surface area contributed by atoms with Crippen LogP contribution in [0.15, 0.2) is 82.3 Å². The Kier molecular flexibility index (Phi) is 9.10. The van der Waals surface area contributed by atoms with Crippen molar-refractivity contribution in [2.45, 2.75) is 51.1 Å². The Morgan fingerprint density at radius 3 is 2.23 bits per heavy atom. The monoisotopic (exact) mass is 733 g/mol. The molecule has 0 saturated carbocycles. The van der Waals surface area contributed by atoms with E-state index < -0.39 is 64.8 Å². The number of fused-ring (bicyclic) bond motifs is 3. The SMILES string of the molecule is CCC1=C2[C@@H](CC/C(=C/c3cc(Br)ccc3O)c3ccccc3)OC[C@@H]2[C@@H]2C(=O)N(c3cc(C(F)(F)F)cc(C(F)(F)F)c3)C(=O)[C@@H]2C1. The summed E-state index contributed by atoms with van der Waals surface area (Å²) in [5.41, 5.74) is 0.308. The largest absolute Gasteiger partial charge is 0.507 e. The first-order valence-corrected chi connectivity index (χ1v) is 16.2. The highest BCUT2D eigenvalue weighted by molar-refractivity contribution is 9.10. The number of nitrogens with zero attached hydrogens (tertiary/aromatic N) is 1. The van der Waals surface area contributed by atoms with Crippen molar-refractivity contribution < 1.29 is 45.8 Å². The molecule has 6 rings (SSSR count). The molecule has 2 amide bonds. The van der Waals surface area contributed by atoms with Gasteiger partial charge in [-0.15, -0.1) is 0 Å². The number of allylic oxidation sites excluding steroid dienone is 2. The number of ether oxygens (including phenoxy) is 1. The first-order chi connectivity index (χ1) is 22.7. The molecular weight excluding hydrogens is 704 g/mol. The van der Waals surface area contributed by atoms with Crippen molar-refractivity contribution in [1.82, 2.24) is 0 Å². The van der Waals surface area contributed by atoms with Crippen molar-refractivity contribution in [1.29, 1.82) is 0 Å². The summed E-state index contributed by atoms with van der Waals surface area (Å²) in [7, 11) is 0.